The number of aryl methyl sites for hydroxylation is 1. The van der Waals surface area contributed by atoms with Crippen molar-refractivity contribution < 1.29 is 0 Å². The third kappa shape index (κ3) is 2.69. The monoisotopic (exact) mass is 309 g/mol. The van der Waals surface area contributed by atoms with E-state index in [9.17, 15) is 0 Å². The Labute approximate surface area is 134 Å². The predicted octanol–water partition coefficient (Wildman–Crippen LogP) is 1.84. The van der Waals surface area contributed by atoms with Gasteiger partial charge in [-0.15, -0.1) is 0 Å². The van der Waals surface area contributed by atoms with E-state index in [1.165, 1.54) is 0 Å². The summed E-state index contributed by atoms with van der Waals surface area (Å²) in [4.78, 5) is 15.8. The van der Waals surface area contributed by atoms with Crippen molar-refractivity contribution in [1.29, 1.82) is 0 Å². The van der Waals surface area contributed by atoms with Gasteiger partial charge in [-0.25, -0.2) is 14.6 Å². The second-order valence-corrected chi connectivity index (χ2v) is 5.78. The van der Waals surface area contributed by atoms with Gasteiger partial charge >= 0.3 is 0 Å². The molecule has 3 aromatic rings. The third-order valence-corrected chi connectivity index (χ3v) is 4.33. The van der Waals surface area contributed by atoms with E-state index in [4.69, 9.17) is 0 Å². The summed E-state index contributed by atoms with van der Waals surface area (Å²) in [5.74, 6) is 2.62. The molecule has 0 aromatic carbocycles. The standard InChI is InChI=1S/C16H19N7/c1-13-17-8-11-21(13)12-14-4-2-9-22(14)16-18-7-5-15(20-16)23-10-3-6-19-23/h3,5-8,10-11,14H,2,4,9,12H2,1H3/t14-/m1/s1. The summed E-state index contributed by atoms with van der Waals surface area (Å²) in [6.07, 6.45) is 11.6. The van der Waals surface area contributed by atoms with Crippen molar-refractivity contribution in [2.45, 2.75) is 32.4 Å². The van der Waals surface area contributed by atoms with E-state index in [-0.39, 0.29) is 0 Å². The molecule has 0 aliphatic carbocycles. The lowest BCUT2D eigenvalue weighted by Crippen LogP contribution is -2.34. The quantitative estimate of drug-likeness (QED) is 0.736. The lowest BCUT2D eigenvalue weighted by molar-refractivity contribution is 0.535. The van der Waals surface area contributed by atoms with E-state index >= 15 is 0 Å². The van der Waals surface area contributed by atoms with Crippen molar-refractivity contribution >= 4 is 5.95 Å². The van der Waals surface area contributed by atoms with E-state index in [1.807, 2.05) is 37.6 Å². The lowest BCUT2D eigenvalue weighted by atomic mass is 10.2. The number of nitrogens with zero attached hydrogens (tertiary/aromatic N) is 7. The molecule has 1 aliphatic heterocycles. The van der Waals surface area contributed by atoms with Crippen LogP contribution in [0.25, 0.3) is 5.82 Å². The zero-order valence-electron chi connectivity index (χ0n) is 13.1. The Morgan fingerprint density at radius 3 is 2.91 bits per heavy atom. The first-order chi connectivity index (χ1) is 11.3. The molecular weight excluding hydrogens is 290 g/mol. The highest BCUT2D eigenvalue weighted by Crippen LogP contribution is 2.24. The van der Waals surface area contributed by atoms with Crippen LogP contribution in [0.15, 0.2) is 43.1 Å². The number of aromatic nitrogens is 6. The Kier molecular flexibility index (Phi) is 3.53. The molecule has 0 bridgehead atoms. The first kappa shape index (κ1) is 13.9. The lowest BCUT2D eigenvalue weighted by Gasteiger charge is -2.25. The molecule has 0 saturated carbocycles. The Hall–Kier alpha value is -2.70. The normalized spacial score (nSPS) is 17.8. The molecular formula is C16H19N7. The van der Waals surface area contributed by atoms with Crippen molar-refractivity contribution in [3.63, 3.8) is 0 Å². The fraction of sp³-hybridized carbons (Fsp3) is 0.375. The summed E-state index contributed by atoms with van der Waals surface area (Å²) in [6.45, 7) is 3.94. The molecule has 0 radical (unpaired) electrons. The summed E-state index contributed by atoms with van der Waals surface area (Å²) in [5, 5.41) is 4.24. The minimum absolute atomic E-state index is 0.399. The summed E-state index contributed by atoms with van der Waals surface area (Å²) >= 11 is 0. The number of anilines is 1. The second-order valence-electron chi connectivity index (χ2n) is 5.78. The van der Waals surface area contributed by atoms with Crippen LogP contribution in [0.4, 0.5) is 5.95 Å². The molecule has 0 unspecified atom stereocenters. The maximum Gasteiger partial charge on any atom is 0.227 e. The van der Waals surface area contributed by atoms with Crippen molar-refractivity contribution in [2.24, 2.45) is 0 Å². The van der Waals surface area contributed by atoms with Crippen LogP contribution in [-0.4, -0.2) is 41.9 Å². The maximum atomic E-state index is 4.69. The van der Waals surface area contributed by atoms with Crippen LogP contribution in [-0.2, 0) is 6.54 Å². The molecule has 118 valence electrons. The van der Waals surface area contributed by atoms with Crippen LogP contribution in [0, 0.1) is 6.92 Å². The Morgan fingerprint density at radius 2 is 2.13 bits per heavy atom. The van der Waals surface area contributed by atoms with Crippen LogP contribution in [0.2, 0.25) is 0 Å². The Balaban J connectivity index is 1.59. The van der Waals surface area contributed by atoms with E-state index in [1.54, 1.807) is 17.1 Å². The molecule has 4 heterocycles. The predicted molar refractivity (Wildman–Crippen MR) is 86.5 cm³/mol. The van der Waals surface area contributed by atoms with Crippen LogP contribution in [0.3, 0.4) is 0 Å². The van der Waals surface area contributed by atoms with E-state index in [0.717, 1.165) is 43.5 Å². The first-order valence-corrected chi connectivity index (χ1v) is 7.89. The van der Waals surface area contributed by atoms with Crippen LogP contribution in [0.1, 0.15) is 18.7 Å². The third-order valence-electron chi connectivity index (χ3n) is 4.33. The first-order valence-electron chi connectivity index (χ1n) is 7.89. The van der Waals surface area contributed by atoms with Gasteiger partial charge in [0.25, 0.3) is 0 Å². The van der Waals surface area contributed by atoms with Crippen molar-refractivity contribution in [1.82, 2.24) is 29.3 Å². The highest BCUT2D eigenvalue weighted by Gasteiger charge is 2.27. The Morgan fingerprint density at radius 1 is 1.17 bits per heavy atom. The fourth-order valence-electron chi connectivity index (χ4n) is 3.12. The average Bonchev–Trinajstić information content (AvgIpc) is 3.31. The average molecular weight is 309 g/mol. The SMILES string of the molecule is Cc1nccn1C[C@H]1CCCN1c1nccc(-n2cccn2)n1. The zero-order chi connectivity index (χ0) is 15.6. The zero-order valence-corrected chi connectivity index (χ0v) is 13.1. The van der Waals surface area contributed by atoms with Gasteiger partial charge in [0.15, 0.2) is 5.82 Å². The summed E-state index contributed by atoms with van der Waals surface area (Å²) < 4.78 is 3.95. The van der Waals surface area contributed by atoms with Gasteiger partial charge in [0.1, 0.15) is 5.82 Å². The summed E-state index contributed by atoms with van der Waals surface area (Å²) in [6, 6.07) is 4.17. The molecule has 1 fully saturated rings. The van der Waals surface area contributed by atoms with Gasteiger partial charge in [0.05, 0.1) is 0 Å². The number of imidazole rings is 1. The van der Waals surface area contributed by atoms with Gasteiger partial charge in [-0.2, -0.15) is 10.1 Å². The molecule has 1 aliphatic rings. The van der Waals surface area contributed by atoms with E-state index in [2.05, 4.69) is 29.5 Å². The van der Waals surface area contributed by atoms with Gasteiger partial charge < -0.3 is 9.47 Å². The maximum absolute atomic E-state index is 4.69. The molecule has 7 nitrogen and oxygen atoms in total. The molecule has 0 spiro atoms. The van der Waals surface area contributed by atoms with E-state index in [0.29, 0.717) is 6.04 Å². The largest absolute Gasteiger partial charge is 0.336 e. The fourth-order valence-corrected chi connectivity index (χ4v) is 3.12. The molecule has 1 saturated heterocycles. The van der Waals surface area contributed by atoms with Crippen LogP contribution in [0.5, 0.6) is 0 Å². The topological polar surface area (TPSA) is 64.7 Å². The van der Waals surface area contributed by atoms with Crippen molar-refractivity contribution in [2.75, 3.05) is 11.4 Å². The van der Waals surface area contributed by atoms with Crippen molar-refractivity contribution in [3.05, 3.63) is 48.9 Å². The number of hydrogen-bond donors (Lipinski definition) is 0. The molecule has 3 aromatic heterocycles. The molecule has 4 rings (SSSR count). The molecule has 0 N–H and O–H groups in total. The van der Waals surface area contributed by atoms with Crippen LogP contribution >= 0.6 is 0 Å². The van der Waals surface area contributed by atoms with Gasteiger partial charge in [-0.05, 0) is 25.8 Å². The van der Waals surface area contributed by atoms with Gasteiger partial charge in [-0.3, -0.25) is 0 Å². The molecule has 0 amide bonds. The minimum atomic E-state index is 0.399. The van der Waals surface area contributed by atoms with Gasteiger partial charge in [0.2, 0.25) is 5.95 Å². The van der Waals surface area contributed by atoms with Gasteiger partial charge in [-0.1, -0.05) is 0 Å². The van der Waals surface area contributed by atoms with E-state index < -0.39 is 0 Å². The van der Waals surface area contributed by atoms with Crippen molar-refractivity contribution in [3.8, 4) is 5.82 Å². The second kappa shape index (κ2) is 5.83. The highest BCUT2D eigenvalue weighted by molar-refractivity contribution is 5.37. The number of rotatable bonds is 4. The molecule has 23 heavy (non-hydrogen) atoms. The van der Waals surface area contributed by atoms with Crippen LogP contribution < -0.4 is 4.90 Å². The summed E-state index contributed by atoms with van der Waals surface area (Å²) in [7, 11) is 0. The van der Waals surface area contributed by atoms with Gasteiger partial charge in [0, 0.05) is 56.2 Å². The summed E-state index contributed by atoms with van der Waals surface area (Å²) in [5.41, 5.74) is 0. The highest BCUT2D eigenvalue weighted by atomic mass is 15.3. The molecule has 7 heteroatoms. The minimum Gasteiger partial charge on any atom is -0.336 e. The smallest absolute Gasteiger partial charge is 0.227 e. The Bertz CT molecular complexity index is 777. The molecule has 1 atom stereocenters. The number of hydrogen-bond acceptors (Lipinski definition) is 5.